The molecule has 0 amide bonds. The van der Waals surface area contributed by atoms with Crippen molar-refractivity contribution in [2.45, 2.75) is 30.0 Å². The number of benzene rings is 2. The fourth-order valence-corrected chi connectivity index (χ4v) is 4.91. The molecule has 4 rings (SSSR count). The molecule has 3 heteroatoms. The van der Waals surface area contributed by atoms with Crippen LogP contribution in [0.1, 0.15) is 19.4 Å². The number of fused-ring (bicyclic) bond motifs is 2. The Labute approximate surface area is 153 Å². The van der Waals surface area contributed by atoms with E-state index in [1.165, 1.54) is 21.5 Å². The summed E-state index contributed by atoms with van der Waals surface area (Å²) in [7, 11) is 0. The summed E-state index contributed by atoms with van der Waals surface area (Å²) in [6.45, 7) is 5.53. The van der Waals surface area contributed by atoms with Crippen molar-refractivity contribution >= 4 is 28.4 Å². The van der Waals surface area contributed by atoms with Gasteiger partial charge in [0.15, 0.2) is 0 Å². The molecule has 1 unspecified atom stereocenters. The molecule has 0 N–H and O–H groups in total. The molecule has 0 saturated carbocycles. The Morgan fingerprint density at radius 1 is 1.12 bits per heavy atom. The van der Waals surface area contributed by atoms with Gasteiger partial charge in [0, 0.05) is 23.0 Å². The molecule has 2 aromatic carbocycles. The summed E-state index contributed by atoms with van der Waals surface area (Å²) in [5, 5.41) is 1.21. The molecule has 1 atom stereocenters. The lowest BCUT2D eigenvalue weighted by molar-refractivity contribution is 0.718. The van der Waals surface area contributed by atoms with E-state index in [1.54, 1.807) is 0 Å². The van der Waals surface area contributed by atoms with Crippen molar-refractivity contribution in [2.75, 3.05) is 11.4 Å². The Bertz CT molecular complexity index is 934. The van der Waals surface area contributed by atoms with E-state index in [-0.39, 0.29) is 4.87 Å². The normalized spacial score (nSPS) is 19.7. The van der Waals surface area contributed by atoms with Crippen LogP contribution in [0.2, 0.25) is 0 Å². The zero-order chi connectivity index (χ0) is 17.3. The summed E-state index contributed by atoms with van der Waals surface area (Å²) in [4.78, 5) is 8.38. The van der Waals surface area contributed by atoms with Crippen molar-refractivity contribution in [3.8, 4) is 0 Å². The lowest BCUT2D eigenvalue weighted by atomic mass is 10.1. The van der Waals surface area contributed by atoms with Crippen molar-refractivity contribution in [2.24, 2.45) is 0 Å². The molecule has 2 nitrogen and oxygen atoms in total. The SMILES string of the molecule is CCN1c2ccccc2SC1(C)C=CCc1cnc2ccccc2c1. The van der Waals surface area contributed by atoms with Gasteiger partial charge in [-0.15, -0.1) is 0 Å². The molecule has 0 radical (unpaired) electrons. The topological polar surface area (TPSA) is 16.1 Å². The van der Waals surface area contributed by atoms with Crippen LogP contribution in [-0.2, 0) is 6.42 Å². The first kappa shape index (κ1) is 16.2. The minimum atomic E-state index is -0.0251. The van der Waals surface area contributed by atoms with Gasteiger partial charge in [0.2, 0.25) is 0 Å². The quantitative estimate of drug-likeness (QED) is 0.565. The maximum Gasteiger partial charge on any atom is 0.106 e. The van der Waals surface area contributed by atoms with Crippen LogP contribution in [0.15, 0.2) is 77.8 Å². The largest absolute Gasteiger partial charge is 0.353 e. The third-order valence-electron chi connectivity index (χ3n) is 4.75. The van der Waals surface area contributed by atoms with Crippen LogP contribution in [-0.4, -0.2) is 16.4 Å². The molecule has 0 aliphatic carbocycles. The average molecular weight is 346 g/mol. The van der Waals surface area contributed by atoms with Crippen LogP contribution in [0, 0.1) is 0 Å². The first-order chi connectivity index (χ1) is 12.2. The molecule has 1 aliphatic heterocycles. The number of hydrogen-bond donors (Lipinski definition) is 0. The summed E-state index contributed by atoms with van der Waals surface area (Å²) in [5.41, 5.74) is 3.65. The predicted molar refractivity (Wildman–Crippen MR) is 108 cm³/mol. The molecule has 25 heavy (non-hydrogen) atoms. The smallest absolute Gasteiger partial charge is 0.106 e. The highest BCUT2D eigenvalue weighted by Crippen LogP contribution is 2.50. The molecule has 0 spiro atoms. The first-order valence-corrected chi connectivity index (χ1v) is 9.58. The van der Waals surface area contributed by atoms with Crippen molar-refractivity contribution < 1.29 is 0 Å². The standard InChI is InChI=1S/C22H22N2S/c1-3-24-20-12-6-7-13-21(20)25-22(24,2)14-8-9-17-15-18-10-4-5-11-19(18)23-16-17/h4-8,10-16H,3,9H2,1-2H3. The van der Waals surface area contributed by atoms with E-state index in [1.807, 2.05) is 24.0 Å². The van der Waals surface area contributed by atoms with Crippen LogP contribution in [0.4, 0.5) is 5.69 Å². The van der Waals surface area contributed by atoms with Crippen molar-refractivity contribution in [1.82, 2.24) is 4.98 Å². The third kappa shape index (κ3) is 3.05. The minimum Gasteiger partial charge on any atom is -0.353 e. The number of anilines is 1. The molecular weight excluding hydrogens is 324 g/mol. The second-order valence-corrected chi connectivity index (χ2v) is 7.98. The Morgan fingerprint density at radius 2 is 1.92 bits per heavy atom. The number of para-hydroxylation sites is 2. The summed E-state index contributed by atoms with van der Waals surface area (Å²) in [6, 6.07) is 19.2. The molecule has 1 aromatic heterocycles. The second-order valence-electron chi connectivity index (χ2n) is 6.51. The maximum atomic E-state index is 4.56. The van der Waals surface area contributed by atoms with Gasteiger partial charge in [-0.05, 0) is 50.1 Å². The van der Waals surface area contributed by atoms with E-state index in [9.17, 15) is 0 Å². The van der Waals surface area contributed by atoms with E-state index in [0.29, 0.717) is 0 Å². The third-order valence-corrected chi connectivity index (χ3v) is 6.09. The van der Waals surface area contributed by atoms with Gasteiger partial charge in [0.05, 0.1) is 11.2 Å². The number of pyridine rings is 1. The van der Waals surface area contributed by atoms with Gasteiger partial charge < -0.3 is 4.90 Å². The van der Waals surface area contributed by atoms with E-state index < -0.39 is 0 Å². The van der Waals surface area contributed by atoms with Gasteiger partial charge in [-0.25, -0.2) is 0 Å². The van der Waals surface area contributed by atoms with Gasteiger partial charge in [-0.2, -0.15) is 0 Å². The van der Waals surface area contributed by atoms with Gasteiger partial charge in [0.1, 0.15) is 4.87 Å². The lowest BCUT2D eigenvalue weighted by Crippen LogP contribution is -2.38. The fourth-order valence-electron chi connectivity index (χ4n) is 3.53. The van der Waals surface area contributed by atoms with Crippen LogP contribution < -0.4 is 4.90 Å². The highest BCUT2D eigenvalue weighted by molar-refractivity contribution is 8.01. The van der Waals surface area contributed by atoms with E-state index in [4.69, 9.17) is 0 Å². The molecule has 126 valence electrons. The summed E-state index contributed by atoms with van der Waals surface area (Å²) in [6.07, 6.45) is 7.52. The molecule has 0 fully saturated rings. The first-order valence-electron chi connectivity index (χ1n) is 8.77. The van der Waals surface area contributed by atoms with Crippen LogP contribution >= 0.6 is 11.8 Å². The molecule has 2 heterocycles. The highest BCUT2D eigenvalue weighted by atomic mass is 32.2. The Hall–Kier alpha value is -2.26. The summed E-state index contributed by atoms with van der Waals surface area (Å²) < 4.78 is 0. The number of aromatic nitrogens is 1. The Kier molecular flexibility index (Phi) is 4.26. The second kappa shape index (κ2) is 6.57. The van der Waals surface area contributed by atoms with Gasteiger partial charge in [-0.1, -0.05) is 54.2 Å². The zero-order valence-electron chi connectivity index (χ0n) is 14.6. The summed E-state index contributed by atoms with van der Waals surface area (Å²) in [5.74, 6) is 0. The molecular formula is C22H22N2S. The van der Waals surface area contributed by atoms with Gasteiger partial charge in [-0.3, -0.25) is 4.98 Å². The monoisotopic (exact) mass is 346 g/mol. The zero-order valence-corrected chi connectivity index (χ0v) is 15.5. The molecule has 3 aromatic rings. The fraction of sp³-hybridized carbons (Fsp3) is 0.227. The summed E-state index contributed by atoms with van der Waals surface area (Å²) >= 11 is 1.93. The van der Waals surface area contributed by atoms with Gasteiger partial charge in [0.25, 0.3) is 0 Å². The Morgan fingerprint density at radius 3 is 2.80 bits per heavy atom. The molecule has 0 bridgehead atoms. The van der Waals surface area contributed by atoms with Crippen LogP contribution in [0.3, 0.4) is 0 Å². The number of likely N-dealkylation sites (N-methyl/N-ethyl adjacent to an activating group) is 1. The van der Waals surface area contributed by atoms with E-state index in [2.05, 4.69) is 84.4 Å². The number of rotatable bonds is 4. The van der Waals surface area contributed by atoms with Gasteiger partial charge >= 0.3 is 0 Å². The predicted octanol–water partition coefficient (Wildman–Crippen LogP) is 5.68. The minimum absolute atomic E-state index is 0.0251. The van der Waals surface area contributed by atoms with Crippen molar-refractivity contribution in [1.29, 1.82) is 0 Å². The number of hydrogen-bond acceptors (Lipinski definition) is 3. The number of thioether (sulfide) groups is 1. The van der Waals surface area contributed by atoms with Crippen molar-refractivity contribution in [3.05, 3.63) is 78.5 Å². The average Bonchev–Trinajstić information content (AvgIpc) is 2.92. The van der Waals surface area contributed by atoms with Crippen LogP contribution in [0.5, 0.6) is 0 Å². The van der Waals surface area contributed by atoms with Crippen molar-refractivity contribution in [3.63, 3.8) is 0 Å². The van der Waals surface area contributed by atoms with E-state index >= 15 is 0 Å². The van der Waals surface area contributed by atoms with E-state index in [0.717, 1.165) is 18.5 Å². The molecule has 1 aliphatic rings. The number of allylic oxidation sites excluding steroid dienone is 1. The Balaban J connectivity index is 1.54. The number of nitrogens with zero attached hydrogens (tertiary/aromatic N) is 2. The highest BCUT2D eigenvalue weighted by Gasteiger charge is 2.37. The molecule has 0 saturated heterocycles. The maximum absolute atomic E-state index is 4.56. The van der Waals surface area contributed by atoms with Crippen LogP contribution in [0.25, 0.3) is 10.9 Å². The lowest BCUT2D eigenvalue weighted by Gasteiger charge is -2.33.